The lowest BCUT2D eigenvalue weighted by atomic mass is 10.1. The molecule has 0 atom stereocenters. The van der Waals surface area contributed by atoms with Gasteiger partial charge in [-0.1, -0.05) is 66.7 Å². The number of carbonyl (C=O) groups is 1. The second-order valence-electron chi connectivity index (χ2n) is 7.56. The van der Waals surface area contributed by atoms with E-state index < -0.39 is 5.91 Å². The van der Waals surface area contributed by atoms with Crippen LogP contribution in [0.4, 0.5) is 5.69 Å². The zero-order valence-electron chi connectivity index (χ0n) is 18.8. The summed E-state index contributed by atoms with van der Waals surface area (Å²) in [5, 5.41) is 14.6. The number of benzene rings is 4. The van der Waals surface area contributed by atoms with E-state index in [2.05, 4.69) is 23.5 Å². The quantitative estimate of drug-likeness (QED) is 0.251. The highest BCUT2D eigenvalue weighted by molar-refractivity contribution is 6.09. The number of hydrogen-bond acceptors (Lipinski definition) is 4. The van der Waals surface area contributed by atoms with E-state index >= 15 is 0 Å². The van der Waals surface area contributed by atoms with Gasteiger partial charge in [-0.15, -0.1) is 0 Å². The largest absolute Gasteiger partial charge is 0.490 e. The highest BCUT2D eigenvalue weighted by Crippen LogP contribution is 2.31. The number of ether oxygens (including phenoxy) is 2. The minimum absolute atomic E-state index is 0.00396. The number of rotatable bonds is 8. The van der Waals surface area contributed by atoms with Crippen molar-refractivity contribution in [3.05, 3.63) is 108 Å². The maximum atomic E-state index is 12.5. The van der Waals surface area contributed by atoms with Crippen LogP contribution in [0.2, 0.25) is 0 Å². The highest BCUT2D eigenvalue weighted by atomic mass is 16.5. The summed E-state index contributed by atoms with van der Waals surface area (Å²) in [6, 6.07) is 30.7. The molecule has 0 heterocycles. The van der Waals surface area contributed by atoms with Gasteiger partial charge in [0.25, 0.3) is 5.91 Å². The molecule has 168 valence electrons. The normalized spacial score (nSPS) is 11.0. The Bertz CT molecular complexity index is 1370. The summed E-state index contributed by atoms with van der Waals surface area (Å²) in [6.45, 7) is 2.74. The Kier molecular flexibility index (Phi) is 7.22. The molecule has 4 rings (SSSR count). The molecular formula is C29H24N2O3. The van der Waals surface area contributed by atoms with E-state index in [4.69, 9.17) is 9.47 Å². The molecule has 0 spiro atoms. The number of fused-ring (bicyclic) bond motifs is 1. The van der Waals surface area contributed by atoms with Crippen LogP contribution in [0.1, 0.15) is 18.1 Å². The van der Waals surface area contributed by atoms with Crippen LogP contribution >= 0.6 is 0 Å². The smallest absolute Gasteiger partial charge is 0.266 e. The molecule has 4 aromatic rings. The molecule has 1 amide bonds. The molecule has 0 saturated carbocycles. The molecule has 34 heavy (non-hydrogen) atoms. The third-order valence-electron chi connectivity index (χ3n) is 5.24. The summed E-state index contributed by atoms with van der Waals surface area (Å²) in [5.74, 6) is 0.680. The minimum atomic E-state index is -0.469. The molecule has 0 aliphatic heterocycles. The highest BCUT2D eigenvalue weighted by Gasteiger charge is 2.12. The molecule has 1 N–H and O–H groups in total. The van der Waals surface area contributed by atoms with Crippen LogP contribution in [0.25, 0.3) is 16.8 Å². The molecule has 5 nitrogen and oxygen atoms in total. The average molecular weight is 449 g/mol. The van der Waals surface area contributed by atoms with Gasteiger partial charge in [-0.2, -0.15) is 5.26 Å². The van der Waals surface area contributed by atoms with E-state index in [0.717, 1.165) is 16.3 Å². The molecule has 0 fully saturated rings. The van der Waals surface area contributed by atoms with Gasteiger partial charge in [0, 0.05) is 5.69 Å². The number of nitrogens with zero attached hydrogens (tertiary/aromatic N) is 1. The van der Waals surface area contributed by atoms with Gasteiger partial charge in [0.1, 0.15) is 18.2 Å². The van der Waals surface area contributed by atoms with Crippen molar-refractivity contribution in [3.8, 4) is 17.6 Å². The zero-order chi connectivity index (χ0) is 23.8. The van der Waals surface area contributed by atoms with Crippen LogP contribution in [0.15, 0.2) is 96.6 Å². The Morgan fingerprint density at radius 3 is 2.47 bits per heavy atom. The summed E-state index contributed by atoms with van der Waals surface area (Å²) in [4.78, 5) is 12.5. The third kappa shape index (κ3) is 5.43. The predicted octanol–water partition coefficient (Wildman–Crippen LogP) is 6.36. The van der Waals surface area contributed by atoms with Crippen LogP contribution in [0.3, 0.4) is 0 Å². The molecule has 5 heteroatoms. The number of amides is 1. The number of para-hydroxylation sites is 1. The summed E-state index contributed by atoms with van der Waals surface area (Å²) >= 11 is 0. The summed E-state index contributed by atoms with van der Waals surface area (Å²) in [5.41, 5.74) is 2.37. The van der Waals surface area contributed by atoms with Crippen molar-refractivity contribution in [1.29, 1.82) is 5.26 Å². The first-order valence-corrected chi connectivity index (χ1v) is 11.0. The van der Waals surface area contributed by atoms with E-state index in [9.17, 15) is 10.1 Å². The van der Waals surface area contributed by atoms with Crippen LogP contribution in [-0.2, 0) is 11.4 Å². The Balaban J connectivity index is 1.54. The first-order valence-electron chi connectivity index (χ1n) is 11.0. The minimum Gasteiger partial charge on any atom is -0.490 e. The maximum Gasteiger partial charge on any atom is 0.266 e. The van der Waals surface area contributed by atoms with E-state index in [-0.39, 0.29) is 5.57 Å². The molecule has 0 bridgehead atoms. The van der Waals surface area contributed by atoms with Gasteiger partial charge in [-0.25, -0.2) is 0 Å². The summed E-state index contributed by atoms with van der Waals surface area (Å²) in [7, 11) is 0. The first kappa shape index (κ1) is 22.6. The van der Waals surface area contributed by atoms with Crippen LogP contribution < -0.4 is 14.8 Å². The van der Waals surface area contributed by atoms with Crippen molar-refractivity contribution >= 4 is 28.4 Å². The van der Waals surface area contributed by atoms with E-state index in [1.807, 2.05) is 55.5 Å². The molecule has 0 saturated heterocycles. The van der Waals surface area contributed by atoms with Crippen molar-refractivity contribution in [2.24, 2.45) is 0 Å². The van der Waals surface area contributed by atoms with E-state index in [1.54, 1.807) is 30.3 Å². The number of anilines is 1. The van der Waals surface area contributed by atoms with E-state index in [0.29, 0.717) is 36.0 Å². The fourth-order valence-corrected chi connectivity index (χ4v) is 3.61. The Hall–Kier alpha value is -4.56. The maximum absolute atomic E-state index is 12.5. The van der Waals surface area contributed by atoms with Gasteiger partial charge in [0.2, 0.25) is 0 Å². The van der Waals surface area contributed by atoms with E-state index in [1.165, 1.54) is 6.08 Å². The molecule has 0 aliphatic rings. The van der Waals surface area contributed by atoms with Gasteiger partial charge >= 0.3 is 0 Å². The number of hydrogen-bond donors (Lipinski definition) is 1. The van der Waals surface area contributed by atoms with Crippen molar-refractivity contribution < 1.29 is 14.3 Å². The number of nitrogens with one attached hydrogen (secondary N) is 1. The van der Waals surface area contributed by atoms with Gasteiger partial charge in [-0.3, -0.25) is 4.79 Å². The lowest BCUT2D eigenvalue weighted by Gasteiger charge is -2.14. The van der Waals surface area contributed by atoms with Gasteiger partial charge in [0.05, 0.1) is 6.61 Å². The number of nitriles is 1. The third-order valence-corrected chi connectivity index (χ3v) is 5.24. The van der Waals surface area contributed by atoms with Crippen molar-refractivity contribution in [1.82, 2.24) is 0 Å². The number of carbonyl (C=O) groups excluding carboxylic acids is 1. The SMILES string of the molecule is CCOc1cc(/C=C(/C#N)C(=O)Nc2ccccc2)ccc1OCc1cccc2ccccc12. The van der Waals surface area contributed by atoms with Crippen LogP contribution in [0.5, 0.6) is 11.5 Å². The fraction of sp³-hybridized carbons (Fsp3) is 0.103. The monoisotopic (exact) mass is 448 g/mol. The zero-order valence-corrected chi connectivity index (χ0v) is 18.8. The first-order chi connectivity index (χ1) is 16.7. The molecule has 0 aromatic heterocycles. The van der Waals surface area contributed by atoms with Crippen LogP contribution in [-0.4, -0.2) is 12.5 Å². The molecule has 4 aromatic carbocycles. The summed E-state index contributed by atoms with van der Waals surface area (Å²) in [6.07, 6.45) is 1.54. The molecular weight excluding hydrogens is 424 g/mol. The standard InChI is InChI=1S/C29H24N2O3/c1-2-33-28-18-21(17-24(19-30)29(32)31-25-12-4-3-5-13-25)15-16-27(28)34-20-23-11-8-10-22-9-6-7-14-26(22)23/h3-18H,2,20H2,1H3,(H,31,32)/b24-17-. The van der Waals surface area contributed by atoms with Crippen LogP contribution in [0, 0.1) is 11.3 Å². The Labute approximate surface area is 198 Å². The van der Waals surface area contributed by atoms with Gasteiger partial charge < -0.3 is 14.8 Å². The lowest BCUT2D eigenvalue weighted by molar-refractivity contribution is -0.112. The Morgan fingerprint density at radius 1 is 0.912 bits per heavy atom. The average Bonchev–Trinajstić information content (AvgIpc) is 2.87. The van der Waals surface area contributed by atoms with Crippen molar-refractivity contribution in [2.75, 3.05) is 11.9 Å². The second-order valence-corrected chi connectivity index (χ2v) is 7.56. The second kappa shape index (κ2) is 10.8. The molecule has 0 aliphatic carbocycles. The summed E-state index contributed by atoms with van der Waals surface area (Å²) < 4.78 is 11.9. The molecule has 0 unspecified atom stereocenters. The van der Waals surface area contributed by atoms with Gasteiger partial charge in [-0.05, 0) is 59.2 Å². The predicted molar refractivity (Wildman–Crippen MR) is 135 cm³/mol. The lowest BCUT2D eigenvalue weighted by Crippen LogP contribution is -2.13. The van der Waals surface area contributed by atoms with Gasteiger partial charge in [0.15, 0.2) is 11.5 Å². The fourth-order valence-electron chi connectivity index (χ4n) is 3.61. The molecule has 0 radical (unpaired) electrons. The topological polar surface area (TPSA) is 71.3 Å². The van der Waals surface area contributed by atoms with Crippen molar-refractivity contribution in [2.45, 2.75) is 13.5 Å². The van der Waals surface area contributed by atoms with Crippen molar-refractivity contribution in [3.63, 3.8) is 0 Å². The Morgan fingerprint density at radius 2 is 1.68 bits per heavy atom.